The number of hydrogen-bond donors (Lipinski definition) is 0. The third-order valence-electron chi connectivity index (χ3n) is 2.32. The van der Waals surface area contributed by atoms with Gasteiger partial charge in [0.15, 0.2) is 0 Å². The zero-order chi connectivity index (χ0) is 11.8. The fourth-order valence-electron chi connectivity index (χ4n) is 1.46. The maximum Gasteiger partial charge on any atom is 0.330 e. The summed E-state index contributed by atoms with van der Waals surface area (Å²) in [6.07, 6.45) is 1.76. The zero-order valence-corrected chi connectivity index (χ0v) is 11.0. The van der Waals surface area contributed by atoms with Crippen molar-refractivity contribution >= 4 is 15.3 Å². The van der Waals surface area contributed by atoms with Gasteiger partial charge in [0.25, 0.3) is 0 Å². The van der Waals surface area contributed by atoms with E-state index in [4.69, 9.17) is 13.6 Å². The van der Waals surface area contributed by atoms with Crippen LogP contribution in [0.4, 0.5) is 0 Å². The largest absolute Gasteiger partial charge is 0.459 e. The fourth-order valence-corrected chi connectivity index (χ4v) is 3.21. The molecule has 0 saturated heterocycles. The van der Waals surface area contributed by atoms with E-state index in [9.17, 15) is 4.79 Å². The van der Waals surface area contributed by atoms with Crippen LogP contribution < -0.4 is 0 Å². The molecule has 0 aromatic carbocycles. The normalized spacial score (nSPS) is 14.7. The minimum absolute atomic E-state index is 0.119. The van der Waals surface area contributed by atoms with Crippen molar-refractivity contribution in [1.29, 1.82) is 0 Å². The van der Waals surface area contributed by atoms with Gasteiger partial charge in [-0.3, -0.25) is 0 Å². The van der Waals surface area contributed by atoms with E-state index in [1.807, 2.05) is 13.8 Å². The first-order valence-electron chi connectivity index (χ1n) is 4.99. The van der Waals surface area contributed by atoms with Crippen molar-refractivity contribution in [2.45, 2.75) is 31.9 Å². The van der Waals surface area contributed by atoms with E-state index in [0.29, 0.717) is 0 Å². The standard InChI is InChI=1S/C10H20O4Si/c1-6-9(14-10(11)7-2)8(3)15(12-4)13-5/h7-9,15H,2,6H2,1,3-5H3. The average Bonchev–Trinajstić information content (AvgIpc) is 2.26. The van der Waals surface area contributed by atoms with Gasteiger partial charge in [-0.2, -0.15) is 0 Å². The molecule has 0 aromatic rings. The van der Waals surface area contributed by atoms with Gasteiger partial charge < -0.3 is 13.6 Å². The lowest BCUT2D eigenvalue weighted by Crippen LogP contribution is -2.34. The summed E-state index contributed by atoms with van der Waals surface area (Å²) < 4.78 is 15.7. The van der Waals surface area contributed by atoms with Crippen molar-refractivity contribution in [2.24, 2.45) is 0 Å². The maximum absolute atomic E-state index is 11.1. The minimum Gasteiger partial charge on any atom is -0.459 e. The Morgan fingerprint density at radius 3 is 2.33 bits per heavy atom. The first kappa shape index (κ1) is 14.3. The lowest BCUT2D eigenvalue weighted by Gasteiger charge is -2.26. The molecule has 88 valence electrons. The molecule has 2 unspecified atom stereocenters. The summed E-state index contributed by atoms with van der Waals surface area (Å²) in [5.41, 5.74) is 0.119. The Morgan fingerprint density at radius 1 is 1.47 bits per heavy atom. The third kappa shape index (κ3) is 4.59. The molecular formula is C10H20O4Si. The molecule has 0 radical (unpaired) electrons. The van der Waals surface area contributed by atoms with Crippen LogP contribution in [0.25, 0.3) is 0 Å². The van der Waals surface area contributed by atoms with Crippen LogP contribution in [0.2, 0.25) is 5.54 Å². The van der Waals surface area contributed by atoms with E-state index < -0.39 is 15.3 Å². The summed E-state index contributed by atoms with van der Waals surface area (Å²) in [5, 5.41) is 0. The number of hydrogen-bond acceptors (Lipinski definition) is 4. The first-order chi connectivity index (χ1) is 7.10. The lowest BCUT2D eigenvalue weighted by molar-refractivity contribution is -0.143. The second kappa shape index (κ2) is 7.61. The summed E-state index contributed by atoms with van der Waals surface area (Å²) in [7, 11) is 1.50. The second-order valence-electron chi connectivity index (χ2n) is 3.29. The molecule has 0 spiro atoms. The minimum atomic E-state index is -1.74. The van der Waals surface area contributed by atoms with E-state index in [2.05, 4.69) is 6.58 Å². The summed E-state index contributed by atoms with van der Waals surface area (Å²) in [4.78, 5) is 11.1. The molecule has 0 fully saturated rings. The van der Waals surface area contributed by atoms with Crippen molar-refractivity contribution in [3.05, 3.63) is 12.7 Å². The van der Waals surface area contributed by atoms with Crippen LogP contribution in [0.1, 0.15) is 20.3 Å². The molecular weight excluding hydrogens is 212 g/mol. The van der Waals surface area contributed by atoms with Crippen LogP contribution in [-0.2, 0) is 18.4 Å². The van der Waals surface area contributed by atoms with Crippen LogP contribution in [-0.4, -0.2) is 35.6 Å². The Kier molecular flexibility index (Phi) is 7.28. The fraction of sp³-hybridized carbons (Fsp3) is 0.700. The SMILES string of the molecule is C=CC(=O)OC(CC)C(C)[SiH](OC)OC. The molecule has 15 heavy (non-hydrogen) atoms. The number of rotatable bonds is 7. The van der Waals surface area contributed by atoms with E-state index in [1.54, 1.807) is 14.2 Å². The molecule has 0 aromatic heterocycles. The molecule has 5 heteroatoms. The highest BCUT2D eigenvalue weighted by Crippen LogP contribution is 2.21. The molecule has 0 aliphatic rings. The third-order valence-corrected chi connectivity index (χ3v) is 4.53. The van der Waals surface area contributed by atoms with Gasteiger partial charge in [-0.25, -0.2) is 4.79 Å². The van der Waals surface area contributed by atoms with Crippen LogP contribution >= 0.6 is 0 Å². The molecule has 0 aliphatic heterocycles. The second-order valence-corrected chi connectivity index (χ2v) is 6.02. The van der Waals surface area contributed by atoms with Gasteiger partial charge >= 0.3 is 15.3 Å². The van der Waals surface area contributed by atoms with Crippen LogP contribution in [0.5, 0.6) is 0 Å². The van der Waals surface area contributed by atoms with Gasteiger partial charge in [-0.05, 0) is 6.42 Å². The molecule has 0 N–H and O–H groups in total. The summed E-state index contributed by atoms with van der Waals surface area (Å²) in [6.45, 7) is 7.31. The Balaban J connectivity index is 4.37. The van der Waals surface area contributed by atoms with Gasteiger partial charge in [0.2, 0.25) is 0 Å². The maximum atomic E-state index is 11.1. The predicted molar refractivity (Wildman–Crippen MR) is 61.0 cm³/mol. The van der Waals surface area contributed by atoms with Crippen molar-refractivity contribution in [3.63, 3.8) is 0 Å². The first-order valence-corrected chi connectivity index (χ1v) is 6.60. The van der Waals surface area contributed by atoms with E-state index in [-0.39, 0.29) is 11.6 Å². The lowest BCUT2D eigenvalue weighted by atomic mass is 10.2. The van der Waals surface area contributed by atoms with E-state index in [0.717, 1.165) is 6.42 Å². The van der Waals surface area contributed by atoms with Gasteiger partial charge in [-0.1, -0.05) is 20.4 Å². The van der Waals surface area contributed by atoms with Gasteiger partial charge in [0, 0.05) is 25.8 Å². The highest BCUT2D eigenvalue weighted by atomic mass is 28.3. The van der Waals surface area contributed by atoms with E-state index >= 15 is 0 Å². The van der Waals surface area contributed by atoms with Crippen molar-refractivity contribution in [3.8, 4) is 0 Å². The molecule has 0 saturated carbocycles. The highest BCUT2D eigenvalue weighted by molar-refractivity contribution is 6.46. The Morgan fingerprint density at radius 2 is 2.00 bits per heavy atom. The summed E-state index contributed by atoms with van der Waals surface area (Å²) in [5.74, 6) is -0.395. The molecule has 2 atom stereocenters. The zero-order valence-electron chi connectivity index (χ0n) is 9.86. The van der Waals surface area contributed by atoms with Gasteiger partial charge in [0.05, 0.1) is 0 Å². The number of carbonyl (C=O) groups excluding carboxylic acids is 1. The van der Waals surface area contributed by atoms with Crippen molar-refractivity contribution < 1.29 is 18.4 Å². The van der Waals surface area contributed by atoms with Crippen LogP contribution in [0, 0.1) is 0 Å². The van der Waals surface area contributed by atoms with Crippen LogP contribution in [0.15, 0.2) is 12.7 Å². The number of carbonyl (C=O) groups is 1. The molecule has 0 heterocycles. The number of esters is 1. The van der Waals surface area contributed by atoms with Crippen molar-refractivity contribution in [1.82, 2.24) is 0 Å². The van der Waals surface area contributed by atoms with Crippen molar-refractivity contribution in [2.75, 3.05) is 14.2 Å². The highest BCUT2D eigenvalue weighted by Gasteiger charge is 2.29. The van der Waals surface area contributed by atoms with E-state index in [1.165, 1.54) is 6.08 Å². The Labute approximate surface area is 93.1 Å². The average molecular weight is 232 g/mol. The molecule has 0 bridgehead atoms. The molecule has 0 aliphatic carbocycles. The Hall–Kier alpha value is -0.653. The predicted octanol–water partition coefficient (Wildman–Crippen LogP) is 1.40. The molecule has 0 amide bonds. The molecule has 4 nitrogen and oxygen atoms in total. The Bertz CT molecular complexity index is 204. The van der Waals surface area contributed by atoms with Gasteiger partial charge in [0.1, 0.15) is 6.10 Å². The number of ether oxygens (including phenoxy) is 1. The quantitative estimate of drug-likeness (QED) is 0.378. The van der Waals surface area contributed by atoms with Crippen LogP contribution in [0.3, 0.4) is 0 Å². The summed E-state index contributed by atoms with van der Waals surface area (Å²) >= 11 is 0. The smallest absolute Gasteiger partial charge is 0.330 e. The molecule has 0 rings (SSSR count). The van der Waals surface area contributed by atoms with Gasteiger partial charge in [-0.15, -0.1) is 0 Å². The summed E-state index contributed by atoms with van der Waals surface area (Å²) in [6, 6.07) is 0. The monoisotopic (exact) mass is 232 g/mol. The topological polar surface area (TPSA) is 44.8 Å².